The van der Waals surface area contributed by atoms with Crippen LogP contribution in [0.15, 0.2) is 47.4 Å². The first-order valence-electron chi connectivity index (χ1n) is 6.16. The molecule has 0 spiro atoms. The summed E-state index contributed by atoms with van der Waals surface area (Å²) in [7, 11) is 0. The van der Waals surface area contributed by atoms with Crippen molar-refractivity contribution in [3.63, 3.8) is 0 Å². The molecule has 3 nitrogen and oxygen atoms in total. The average Bonchev–Trinajstić information content (AvgIpc) is 2.49. The third-order valence-corrected chi connectivity index (χ3v) is 3.85. The Morgan fingerprint density at radius 3 is 2.45 bits per heavy atom. The lowest BCUT2D eigenvalue weighted by Crippen LogP contribution is -2.13. The normalized spacial score (nSPS) is 10.1. The van der Waals surface area contributed by atoms with Crippen molar-refractivity contribution in [2.75, 3.05) is 11.6 Å². The third kappa shape index (κ3) is 3.08. The SMILES string of the molecule is CSc1ccc(C(=O)Nc2cccc(C=O)c2C)cc1. The van der Waals surface area contributed by atoms with E-state index in [1.807, 2.05) is 25.3 Å². The zero-order valence-corrected chi connectivity index (χ0v) is 12.2. The Labute approximate surface area is 122 Å². The van der Waals surface area contributed by atoms with Crippen molar-refractivity contribution in [2.24, 2.45) is 0 Å². The summed E-state index contributed by atoms with van der Waals surface area (Å²) in [5.41, 5.74) is 2.62. The van der Waals surface area contributed by atoms with Crippen molar-refractivity contribution in [1.82, 2.24) is 0 Å². The number of aldehydes is 1. The molecular weight excluding hydrogens is 270 g/mol. The summed E-state index contributed by atoms with van der Waals surface area (Å²) in [6.45, 7) is 1.82. The van der Waals surface area contributed by atoms with Gasteiger partial charge in [-0.2, -0.15) is 0 Å². The monoisotopic (exact) mass is 285 g/mol. The number of hydrogen-bond donors (Lipinski definition) is 1. The molecule has 102 valence electrons. The number of anilines is 1. The number of thioether (sulfide) groups is 1. The van der Waals surface area contributed by atoms with Crippen molar-refractivity contribution in [1.29, 1.82) is 0 Å². The molecule has 0 atom stereocenters. The quantitative estimate of drug-likeness (QED) is 0.687. The highest BCUT2D eigenvalue weighted by atomic mass is 32.2. The van der Waals surface area contributed by atoms with Crippen LogP contribution < -0.4 is 5.32 Å². The van der Waals surface area contributed by atoms with Gasteiger partial charge in [-0.1, -0.05) is 12.1 Å². The second-order valence-corrected chi connectivity index (χ2v) is 5.20. The van der Waals surface area contributed by atoms with Gasteiger partial charge in [0.05, 0.1) is 0 Å². The molecule has 4 heteroatoms. The molecule has 1 N–H and O–H groups in total. The van der Waals surface area contributed by atoms with Gasteiger partial charge in [0.2, 0.25) is 0 Å². The zero-order chi connectivity index (χ0) is 14.5. The highest BCUT2D eigenvalue weighted by Crippen LogP contribution is 2.19. The van der Waals surface area contributed by atoms with E-state index in [1.54, 1.807) is 42.1 Å². The van der Waals surface area contributed by atoms with E-state index in [9.17, 15) is 9.59 Å². The number of benzene rings is 2. The summed E-state index contributed by atoms with van der Waals surface area (Å²) in [5, 5.41) is 2.83. The van der Waals surface area contributed by atoms with Crippen molar-refractivity contribution in [3.05, 3.63) is 59.2 Å². The van der Waals surface area contributed by atoms with E-state index in [1.165, 1.54) is 0 Å². The van der Waals surface area contributed by atoms with Gasteiger partial charge in [0.15, 0.2) is 0 Å². The Morgan fingerprint density at radius 1 is 1.15 bits per heavy atom. The second-order valence-electron chi connectivity index (χ2n) is 4.32. The molecule has 0 aliphatic heterocycles. The van der Waals surface area contributed by atoms with Crippen molar-refractivity contribution in [3.8, 4) is 0 Å². The summed E-state index contributed by atoms with van der Waals surface area (Å²) in [5.74, 6) is -0.177. The minimum Gasteiger partial charge on any atom is -0.322 e. The van der Waals surface area contributed by atoms with Gasteiger partial charge >= 0.3 is 0 Å². The lowest BCUT2D eigenvalue weighted by atomic mass is 10.1. The molecule has 0 heterocycles. The molecule has 0 unspecified atom stereocenters. The molecule has 0 aliphatic carbocycles. The number of nitrogens with one attached hydrogen (secondary N) is 1. The average molecular weight is 285 g/mol. The Kier molecular flexibility index (Phi) is 4.58. The first-order chi connectivity index (χ1) is 9.65. The van der Waals surface area contributed by atoms with Crippen LogP contribution in [0.1, 0.15) is 26.3 Å². The van der Waals surface area contributed by atoms with E-state index in [-0.39, 0.29) is 5.91 Å². The van der Waals surface area contributed by atoms with E-state index in [0.29, 0.717) is 16.8 Å². The number of rotatable bonds is 4. The summed E-state index contributed by atoms with van der Waals surface area (Å²) < 4.78 is 0. The number of amides is 1. The topological polar surface area (TPSA) is 46.2 Å². The van der Waals surface area contributed by atoms with Crippen LogP contribution in [0.3, 0.4) is 0 Å². The van der Waals surface area contributed by atoms with Crippen molar-refractivity contribution < 1.29 is 9.59 Å². The summed E-state index contributed by atoms with van der Waals surface area (Å²) in [6.07, 6.45) is 2.78. The molecule has 1 amide bonds. The molecule has 0 fully saturated rings. The minimum atomic E-state index is -0.177. The molecule has 0 radical (unpaired) electrons. The Morgan fingerprint density at radius 2 is 1.85 bits per heavy atom. The van der Waals surface area contributed by atoms with E-state index in [0.717, 1.165) is 16.7 Å². The fraction of sp³-hybridized carbons (Fsp3) is 0.125. The van der Waals surface area contributed by atoms with Crippen LogP contribution in [-0.4, -0.2) is 18.4 Å². The van der Waals surface area contributed by atoms with Gasteiger partial charge in [-0.25, -0.2) is 0 Å². The van der Waals surface area contributed by atoms with Crippen LogP contribution >= 0.6 is 11.8 Å². The van der Waals surface area contributed by atoms with Crippen LogP contribution in [0.25, 0.3) is 0 Å². The molecule has 0 saturated carbocycles. The Hall–Kier alpha value is -2.07. The molecular formula is C16H15NO2S. The number of carbonyl (C=O) groups excluding carboxylic acids is 2. The smallest absolute Gasteiger partial charge is 0.255 e. The fourth-order valence-electron chi connectivity index (χ4n) is 1.85. The maximum atomic E-state index is 12.2. The molecule has 20 heavy (non-hydrogen) atoms. The van der Waals surface area contributed by atoms with E-state index in [4.69, 9.17) is 0 Å². The van der Waals surface area contributed by atoms with Gasteiger partial charge in [-0.3, -0.25) is 9.59 Å². The summed E-state index contributed by atoms with van der Waals surface area (Å²) in [4.78, 5) is 24.2. The van der Waals surface area contributed by atoms with E-state index in [2.05, 4.69) is 5.32 Å². The minimum absolute atomic E-state index is 0.177. The molecule has 0 saturated heterocycles. The predicted molar refractivity (Wildman–Crippen MR) is 82.7 cm³/mol. The first-order valence-corrected chi connectivity index (χ1v) is 7.38. The second kappa shape index (κ2) is 6.39. The molecule has 2 aromatic rings. The van der Waals surface area contributed by atoms with Crippen LogP contribution in [-0.2, 0) is 0 Å². The van der Waals surface area contributed by atoms with Crippen LogP contribution in [0.2, 0.25) is 0 Å². The van der Waals surface area contributed by atoms with Gasteiger partial charge in [0.1, 0.15) is 6.29 Å². The highest BCUT2D eigenvalue weighted by molar-refractivity contribution is 7.98. The lowest BCUT2D eigenvalue weighted by molar-refractivity contribution is 0.102. The van der Waals surface area contributed by atoms with Crippen LogP contribution in [0.5, 0.6) is 0 Å². The van der Waals surface area contributed by atoms with Gasteiger partial charge in [0.25, 0.3) is 5.91 Å². The lowest BCUT2D eigenvalue weighted by Gasteiger charge is -2.10. The molecule has 2 rings (SSSR count). The molecule has 0 aromatic heterocycles. The van der Waals surface area contributed by atoms with E-state index < -0.39 is 0 Å². The first kappa shape index (κ1) is 14.3. The van der Waals surface area contributed by atoms with Gasteiger partial charge in [-0.15, -0.1) is 11.8 Å². The molecule has 0 aliphatic rings. The van der Waals surface area contributed by atoms with Crippen LogP contribution in [0.4, 0.5) is 5.69 Å². The Bertz CT molecular complexity index is 635. The standard InChI is InChI=1S/C16H15NO2S/c1-11-13(10-18)4-3-5-15(11)17-16(19)12-6-8-14(20-2)9-7-12/h3-10H,1-2H3,(H,17,19). The molecule has 2 aromatic carbocycles. The third-order valence-electron chi connectivity index (χ3n) is 3.10. The summed E-state index contributed by atoms with van der Waals surface area (Å²) >= 11 is 1.63. The fourth-order valence-corrected chi connectivity index (χ4v) is 2.26. The summed E-state index contributed by atoms with van der Waals surface area (Å²) in [6, 6.07) is 12.7. The maximum absolute atomic E-state index is 12.2. The molecule has 0 bridgehead atoms. The largest absolute Gasteiger partial charge is 0.322 e. The van der Waals surface area contributed by atoms with Gasteiger partial charge in [-0.05, 0) is 49.1 Å². The Balaban J connectivity index is 2.20. The van der Waals surface area contributed by atoms with E-state index >= 15 is 0 Å². The highest BCUT2D eigenvalue weighted by Gasteiger charge is 2.09. The van der Waals surface area contributed by atoms with Crippen molar-refractivity contribution >= 4 is 29.6 Å². The number of hydrogen-bond acceptors (Lipinski definition) is 3. The zero-order valence-electron chi connectivity index (χ0n) is 11.3. The van der Waals surface area contributed by atoms with Gasteiger partial charge < -0.3 is 5.32 Å². The maximum Gasteiger partial charge on any atom is 0.255 e. The number of carbonyl (C=O) groups is 2. The van der Waals surface area contributed by atoms with Crippen molar-refractivity contribution in [2.45, 2.75) is 11.8 Å². The predicted octanol–water partition coefficient (Wildman–Crippen LogP) is 3.78. The van der Waals surface area contributed by atoms with Crippen LogP contribution in [0, 0.1) is 6.92 Å². The van der Waals surface area contributed by atoms with Gasteiger partial charge in [0, 0.05) is 21.7 Å².